The van der Waals surface area contributed by atoms with Crippen LogP contribution in [0.4, 0.5) is 0 Å². The molecule has 0 spiro atoms. The molecule has 1 heteroatoms. The van der Waals surface area contributed by atoms with E-state index in [1.54, 1.807) is 0 Å². The van der Waals surface area contributed by atoms with Crippen LogP contribution in [0.5, 0.6) is 0 Å². The van der Waals surface area contributed by atoms with Crippen molar-refractivity contribution in [3.05, 3.63) is 60.2 Å². The molecule has 0 aromatic heterocycles. The van der Waals surface area contributed by atoms with Gasteiger partial charge in [0.25, 0.3) is 0 Å². The molecule has 0 unspecified atom stereocenters. The summed E-state index contributed by atoms with van der Waals surface area (Å²) in [4.78, 5) is 0. The first-order chi connectivity index (χ1) is 7.66. The van der Waals surface area contributed by atoms with Gasteiger partial charge in [0, 0.05) is 6.04 Å². The van der Waals surface area contributed by atoms with Crippen LogP contribution in [0.2, 0.25) is 0 Å². The average Bonchev–Trinajstić information content (AvgIpc) is 2.27. The molecule has 0 aliphatic rings. The quantitative estimate of drug-likeness (QED) is 0.768. The minimum Gasteiger partial charge on any atom is -0.324 e. The molecule has 82 valence electrons. The van der Waals surface area contributed by atoms with Gasteiger partial charge in [-0.15, -0.1) is 6.58 Å². The van der Waals surface area contributed by atoms with Crippen LogP contribution < -0.4 is 5.73 Å². The number of hydrogen-bond donors (Lipinski definition) is 1. The fourth-order valence-electron chi connectivity index (χ4n) is 1.93. The number of rotatable bonds is 3. The molecular formula is C15H17N. The Labute approximate surface area is 96.6 Å². The lowest BCUT2D eigenvalue weighted by Crippen LogP contribution is -2.10. The third-order valence-electron chi connectivity index (χ3n) is 2.77. The minimum absolute atomic E-state index is 0.0575. The van der Waals surface area contributed by atoms with Gasteiger partial charge in [-0.25, -0.2) is 0 Å². The van der Waals surface area contributed by atoms with Crippen LogP contribution in [-0.4, -0.2) is 0 Å². The monoisotopic (exact) mass is 211 g/mol. The van der Waals surface area contributed by atoms with Gasteiger partial charge >= 0.3 is 0 Å². The second-order valence-corrected chi connectivity index (χ2v) is 4.37. The Morgan fingerprint density at radius 2 is 1.88 bits per heavy atom. The van der Waals surface area contributed by atoms with Crippen molar-refractivity contribution in [3.63, 3.8) is 0 Å². The van der Waals surface area contributed by atoms with Gasteiger partial charge in [0.1, 0.15) is 0 Å². The number of nitrogens with two attached hydrogens (primary N) is 1. The zero-order chi connectivity index (χ0) is 11.5. The summed E-state index contributed by atoms with van der Waals surface area (Å²) in [7, 11) is 0. The Morgan fingerprint density at radius 1 is 1.19 bits per heavy atom. The highest BCUT2D eigenvalue weighted by molar-refractivity contribution is 5.83. The Hall–Kier alpha value is -1.60. The SMILES string of the molecule is C=C(C)C[C@H](N)c1ccc2ccccc2c1. The number of hydrogen-bond acceptors (Lipinski definition) is 1. The lowest BCUT2D eigenvalue weighted by atomic mass is 9.98. The fourth-order valence-corrected chi connectivity index (χ4v) is 1.93. The third-order valence-corrected chi connectivity index (χ3v) is 2.77. The highest BCUT2D eigenvalue weighted by Gasteiger charge is 2.06. The van der Waals surface area contributed by atoms with Crippen LogP contribution in [0.15, 0.2) is 54.6 Å². The summed E-state index contributed by atoms with van der Waals surface area (Å²) in [5.41, 5.74) is 8.43. The Kier molecular flexibility index (Phi) is 3.07. The maximum Gasteiger partial charge on any atom is 0.0332 e. The Balaban J connectivity index is 2.35. The van der Waals surface area contributed by atoms with Gasteiger partial charge in [-0.2, -0.15) is 0 Å². The van der Waals surface area contributed by atoms with Crippen LogP contribution >= 0.6 is 0 Å². The predicted octanol–water partition coefficient (Wildman–Crippen LogP) is 3.81. The molecule has 1 nitrogen and oxygen atoms in total. The Bertz CT molecular complexity index is 514. The van der Waals surface area contributed by atoms with E-state index in [1.165, 1.54) is 16.3 Å². The fraction of sp³-hybridized carbons (Fsp3) is 0.200. The maximum atomic E-state index is 6.13. The van der Waals surface area contributed by atoms with Crippen LogP contribution in [0.1, 0.15) is 24.9 Å². The van der Waals surface area contributed by atoms with Gasteiger partial charge in [0.2, 0.25) is 0 Å². The zero-order valence-electron chi connectivity index (χ0n) is 9.61. The van der Waals surface area contributed by atoms with Crippen molar-refractivity contribution in [2.75, 3.05) is 0 Å². The molecule has 0 fully saturated rings. The average molecular weight is 211 g/mol. The van der Waals surface area contributed by atoms with E-state index in [0.717, 1.165) is 12.0 Å². The van der Waals surface area contributed by atoms with E-state index in [-0.39, 0.29) is 6.04 Å². The molecule has 0 saturated heterocycles. The normalized spacial score (nSPS) is 12.6. The maximum absolute atomic E-state index is 6.13. The summed E-state index contributed by atoms with van der Waals surface area (Å²) in [5, 5.41) is 2.51. The van der Waals surface area contributed by atoms with Crippen molar-refractivity contribution in [2.45, 2.75) is 19.4 Å². The molecule has 1 atom stereocenters. The first-order valence-electron chi connectivity index (χ1n) is 5.55. The second-order valence-electron chi connectivity index (χ2n) is 4.37. The molecule has 0 saturated carbocycles. The van der Waals surface area contributed by atoms with Crippen molar-refractivity contribution in [3.8, 4) is 0 Å². The topological polar surface area (TPSA) is 26.0 Å². The summed E-state index contributed by atoms with van der Waals surface area (Å²) in [6.07, 6.45) is 0.846. The summed E-state index contributed by atoms with van der Waals surface area (Å²) in [6, 6.07) is 14.8. The molecule has 0 aliphatic heterocycles. The first kappa shape index (κ1) is 10.9. The molecule has 0 heterocycles. The van der Waals surface area contributed by atoms with E-state index < -0.39 is 0 Å². The second kappa shape index (κ2) is 4.50. The van der Waals surface area contributed by atoms with E-state index in [1.807, 2.05) is 6.92 Å². The van der Waals surface area contributed by atoms with E-state index in [4.69, 9.17) is 5.73 Å². The standard InChI is InChI=1S/C15H17N/c1-11(2)9-15(16)14-8-7-12-5-3-4-6-13(12)10-14/h3-8,10,15H,1,9,16H2,2H3/t15-/m0/s1. The smallest absolute Gasteiger partial charge is 0.0332 e. The van der Waals surface area contributed by atoms with Gasteiger partial charge in [0.15, 0.2) is 0 Å². The molecule has 2 aromatic rings. The van der Waals surface area contributed by atoms with Gasteiger partial charge in [-0.05, 0) is 35.7 Å². The van der Waals surface area contributed by atoms with Gasteiger partial charge in [-0.1, -0.05) is 42.0 Å². The van der Waals surface area contributed by atoms with Gasteiger partial charge in [0.05, 0.1) is 0 Å². The van der Waals surface area contributed by atoms with Gasteiger partial charge in [-0.3, -0.25) is 0 Å². The number of fused-ring (bicyclic) bond motifs is 1. The van der Waals surface area contributed by atoms with Crippen LogP contribution in [0.25, 0.3) is 10.8 Å². The van der Waals surface area contributed by atoms with Crippen molar-refractivity contribution in [1.82, 2.24) is 0 Å². The largest absolute Gasteiger partial charge is 0.324 e. The molecule has 0 amide bonds. The summed E-state index contributed by atoms with van der Waals surface area (Å²) < 4.78 is 0. The molecule has 2 N–H and O–H groups in total. The molecule has 0 bridgehead atoms. The van der Waals surface area contributed by atoms with Crippen LogP contribution in [-0.2, 0) is 0 Å². The number of benzene rings is 2. The molecule has 0 radical (unpaired) electrons. The zero-order valence-corrected chi connectivity index (χ0v) is 9.61. The highest BCUT2D eigenvalue weighted by atomic mass is 14.6. The van der Waals surface area contributed by atoms with E-state index in [0.29, 0.717) is 0 Å². The van der Waals surface area contributed by atoms with Crippen molar-refractivity contribution < 1.29 is 0 Å². The Morgan fingerprint density at radius 3 is 2.56 bits per heavy atom. The van der Waals surface area contributed by atoms with Crippen LogP contribution in [0, 0.1) is 0 Å². The summed E-state index contributed by atoms with van der Waals surface area (Å²) in [6.45, 7) is 5.92. The minimum atomic E-state index is 0.0575. The molecule has 2 aromatic carbocycles. The van der Waals surface area contributed by atoms with Gasteiger partial charge < -0.3 is 5.73 Å². The molecule has 16 heavy (non-hydrogen) atoms. The third kappa shape index (κ3) is 2.31. The van der Waals surface area contributed by atoms with Crippen molar-refractivity contribution in [2.24, 2.45) is 5.73 Å². The van der Waals surface area contributed by atoms with Crippen molar-refractivity contribution in [1.29, 1.82) is 0 Å². The first-order valence-corrected chi connectivity index (χ1v) is 5.55. The predicted molar refractivity (Wildman–Crippen MR) is 70.3 cm³/mol. The van der Waals surface area contributed by atoms with E-state index in [9.17, 15) is 0 Å². The van der Waals surface area contributed by atoms with Crippen molar-refractivity contribution >= 4 is 10.8 Å². The molecular weight excluding hydrogens is 194 g/mol. The lowest BCUT2D eigenvalue weighted by Gasteiger charge is -2.12. The van der Waals surface area contributed by atoms with E-state index >= 15 is 0 Å². The molecule has 0 aliphatic carbocycles. The lowest BCUT2D eigenvalue weighted by molar-refractivity contribution is 0.718. The summed E-state index contributed by atoms with van der Waals surface area (Å²) in [5.74, 6) is 0. The van der Waals surface area contributed by atoms with E-state index in [2.05, 4.69) is 49.0 Å². The highest BCUT2D eigenvalue weighted by Crippen LogP contribution is 2.22. The summed E-state index contributed by atoms with van der Waals surface area (Å²) >= 11 is 0. The van der Waals surface area contributed by atoms with Crippen LogP contribution in [0.3, 0.4) is 0 Å². The molecule has 2 rings (SSSR count).